The first-order chi connectivity index (χ1) is 7.31. The topological polar surface area (TPSA) is 12.0 Å². The highest BCUT2D eigenvalue weighted by molar-refractivity contribution is 9.10. The molecule has 1 fully saturated rings. The number of thioether (sulfide) groups is 1. The second kappa shape index (κ2) is 5.37. The first kappa shape index (κ1) is 11.5. The van der Waals surface area contributed by atoms with Crippen LogP contribution in [0.2, 0.25) is 0 Å². The van der Waals surface area contributed by atoms with E-state index >= 15 is 0 Å². The van der Waals surface area contributed by atoms with Crippen LogP contribution in [0.4, 0.5) is 0 Å². The smallest absolute Gasteiger partial charge is 0.0311 e. The number of nitrogens with one attached hydrogen (secondary N) is 1. The second-order valence-corrected chi connectivity index (χ2v) is 6.05. The zero-order valence-electron chi connectivity index (χ0n) is 8.87. The van der Waals surface area contributed by atoms with Crippen LogP contribution in [0.15, 0.2) is 33.6 Å². The Kier molecular flexibility index (Phi) is 4.12. The lowest BCUT2D eigenvalue weighted by Gasteiger charge is -2.18. The van der Waals surface area contributed by atoms with Gasteiger partial charge in [0.1, 0.15) is 0 Å². The highest BCUT2D eigenvalue weighted by atomic mass is 79.9. The molecule has 2 unspecified atom stereocenters. The summed E-state index contributed by atoms with van der Waals surface area (Å²) in [6, 6.07) is 9.17. The molecule has 2 atom stereocenters. The van der Waals surface area contributed by atoms with Crippen molar-refractivity contribution < 1.29 is 0 Å². The minimum Gasteiger partial charge on any atom is -0.316 e. The molecular formula is C12H16BrNS. The van der Waals surface area contributed by atoms with Gasteiger partial charge in [-0.25, -0.2) is 0 Å². The van der Waals surface area contributed by atoms with E-state index in [1.54, 1.807) is 0 Å². The third-order valence-corrected chi connectivity index (χ3v) is 5.37. The number of halogens is 1. The van der Waals surface area contributed by atoms with E-state index in [0.29, 0.717) is 6.04 Å². The highest BCUT2D eigenvalue weighted by Crippen LogP contribution is 2.37. The van der Waals surface area contributed by atoms with Crippen molar-refractivity contribution >= 4 is 27.7 Å². The minimum atomic E-state index is 0.683. The summed E-state index contributed by atoms with van der Waals surface area (Å²) in [6.45, 7) is 0. The van der Waals surface area contributed by atoms with Crippen molar-refractivity contribution in [3.8, 4) is 0 Å². The van der Waals surface area contributed by atoms with Gasteiger partial charge in [-0.3, -0.25) is 0 Å². The Morgan fingerprint density at radius 2 is 2.13 bits per heavy atom. The Morgan fingerprint density at radius 3 is 2.87 bits per heavy atom. The summed E-state index contributed by atoms with van der Waals surface area (Å²) < 4.78 is 1.22. The molecule has 15 heavy (non-hydrogen) atoms. The Balaban J connectivity index is 2.05. The van der Waals surface area contributed by atoms with Crippen molar-refractivity contribution in [1.29, 1.82) is 0 Å². The monoisotopic (exact) mass is 285 g/mol. The molecule has 1 N–H and O–H groups in total. The molecule has 1 aliphatic rings. The summed E-state index contributed by atoms with van der Waals surface area (Å²) in [6.07, 6.45) is 4.00. The van der Waals surface area contributed by atoms with E-state index in [2.05, 4.69) is 52.6 Å². The van der Waals surface area contributed by atoms with Crippen LogP contribution >= 0.6 is 27.7 Å². The third kappa shape index (κ3) is 2.77. The molecule has 3 heteroatoms. The van der Waals surface area contributed by atoms with Crippen molar-refractivity contribution in [1.82, 2.24) is 5.32 Å². The normalized spacial score (nSPS) is 25.7. The first-order valence-corrected chi connectivity index (χ1v) is 7.07. The van der Waals surface area contributed by atoms with Crippen LogP contribution in [-0.2, 0) is 0 Å². The van der Waals surface area contributed by atoms with Crippen molar-refractivity contribution in [3.05, 3.63) is 28.7 Å². The summed E-state index contributed by atoms with van der Waals surface area (Å²) >= 11 is 5.61. The van der Waals surface area contributed by atoms with Gasteiger partial charge in [-0.2, -0.15) is 0 Å². The van der Waals surface area contributed by atoms with Gasteiger partial charge in [-0.05, 0) is 48.0 Å². The second-order valence-electron chi connectivity index (χ2n) is 3.91. The van der Waals surface area contributed by atoms with Gasteiger partial charge in [0.2, 0.25) is 0 Å². The molecule has 1 saturated carbocycles. The van der Waals surface area contributed by atoms with Gasteiger partial charge in [0.05, 0.1) is 0 Å². The van der Waals surface area contributed by atoms with E-state index in [1.807, 2.05) is 11.8 Å². The van der Waals surface area contributed by atoms with Gasteiger partial charge < -0.3 is 5.32 Å². The largest absolute Gasteiger partial charge is 0.316 e. The summed E-state index contributed by atoms with van der Waals surface area (Å²) in [5.41, 5.74) is 0. The number of hydrogen-bond donors (Lipinski definition) is 1. The molecule has 0 spiro atoms. The number of rotatable bonds is 3. The van der Waals surface area contributed by atoms with E-state index in [1.165, 1.54) is 28.6 Å². The molecule has 0 amide bonds. The molecule has 0 heterocycles. The van der Waals surface area contributed by atoms with E-state index in [9.17, 15) is 0 Å². The predicted molar refractivity (Wildman–Crippen MR) is 70.5 cm³/mol. The van der Waals surface area contributed by atoms with Gasteiger partial charge in [0.15, 0.2) is 0 Å². The fourth-order valence-electron chi connectivity index (χ4n) is 2.10. The van der Waals surface area contributed by atoms with Crippen LogP contribution in [0.1, 0.15) is 19.3 Å². The lowest BCUT2D eigenvalue weighted by Crippen LogP contribution is -2.30. The van der Waals surface area contributed by atoms with Gasteiger partial charge in [-0.1, -0.05) is 18.6 Å². The number of hydrogen-bond acceptors (Lipinski definition) is 2. The number of benzene rings is 1. The van der Waals surface area contributed by atoms with Crippen molar-refractivity contribution in [3.63, 3.8) is 0 Å². The molecule has 1 aromatic rings. The molecule has 0 aliphatic heterocycles. The average molecular weight is 286 g/mol. The van der Waals surface area contributed by atoms with Crippen LogP contribution < -0.4 is 5.32 Å². The Morgan fingerprint density at radius 1 is 1.33 bits per heavy atom. The summed E-state index contributed by atoms with van der Waals surface area (Å²) in [5.74, 6) is 0. The molecule has 82 valence electrons. The van der Waals surface area contributed by atoms with Crippen molar-refractivity contribution in [2.45, 2.75) is 35.4 Å². The highest BCUT2D eigenvalue weighted by Gasteiger charge is 2.26. The van der Waals surface area contributed by atoms with Crippen LogP contribution in [0.25, 0.3) is 0 Å². The van der Waals surface area contributed by atoms with Crippen LogP contribution in [0, 0.1) is 0 Å². The quantitative estimate of drug-likeness (QED) is 0.909. The minimum absolute atomic E-state index is 0.683. The first-order valence-electron chi connectivity index (χ1n) is 5.39. The maximum Gasteiger partial charge on any atom is 0.0311 e. The lowest BCUT2D eigenvalue weighted by atomic mass is 10.2. The van der Waals surface area contributed by atoms with E-state index < -0.39 is 0 Å². The predicted octanol–water partition coefficient (Wildman–Crippen LogP) is 3.68. The third-order valence-electron chi connectivity index (χ3n) is 2.94. The van der Waals surface area contributed by atoms with Gasteiger partial charge in [-0.15, -0.1) is 11.8 Å². The van der Waals surface area contributed by atoms with Gasteiger partial charge in [0.25, 0.3) is 0 Å². The molecule has 0 bridgehead atoms. The van der Waals surface area contributed by atoms with Gasteiger partial charge in [0, 0.05) is 20.7 Å². The van der Waals surface area contributed by atoms with E-state index in [4.69, 9.17) is 0 Å². The molecule has 1 aliphatic carbocycles. The lowest BCUT2D eigenvalue weighted by molar-refractivity contribution is 0.591. The maximum atomic E-state index is 3.60. The van der Waals surface area contributed by atoms with Crippen molar-refractivity contribution in [2.24, 2.45) is 0 Å². The Labute approximate surface area is 104 Å². The molecule has 2 rings (SSSR count). The summed E-state index contributed by atoms with van der Waals surface area (Å²) in [7, 11) is 2.07. The van der Waals surface area contributed by atoms with E-state index in [-0.39, 0.29) is 0 Å². The zero-order valence-corrected chi connectivity index (χ0v) is 11.3. The Bertz CT molecular complexity index is 329. The van der Waals surface area contributed by atoms with Crippen LogP contribution in [0.3, 0.4) is 0 Å². The molecule has 1 aromatic carbocycles. The van der Waals surface area contributed by atoms with Crippen LogP contribution in [0.5, 0.6) is 0 Å². The van der Waals surface area contributed by atoms with Crippen LogP contribution in [-0.4, -0.2) is 18.3 Å². The average Bonchev–Trinajstić information content (AvgIpc) is 2.69. The molecule has 0 aromatic heterocycles. The Hall–Kier alpha value is 0.01000. The molecule has 1 nitrogen and oxygen atoms in total. The van der Waals surface area contributed by atoms with E-state index in [0.717, 1.165) is 5.25 Å². The van der Waals surface area contributed by atoms with Gasteiger partial charge >= 0.3 is 0 Å². The maximum absolute atomic E-state index is 3.60. The fourth-order valence-corrected chi connectivity index (χ4v) is 4.05. The molecule has 0 radical (unpaired) electrons. The SMILES string of the molecule is CNC1CCCC1Sc1ccccc1Br. The van der Waals surface area contributed by atoms with Crippen molar-refractivity contribution in [2.75, 3.05) is 7.05 Å². The standard InChI is InChI=1S/C12H16BrNS/c1-14-10-6-4-8-12(10)15-11-7-3-2-5-9(11)13/h2-3,5,7,10,12,14H,4,6,8H2,1H3. The summed E-state index contributed by atoms with van der Waals surface area (Å²) in [5, 5.41) is 4.15. The summed E-state index contributed by atoms with van der Waals surface area (Å²) in [4.78, 5) is 1.37. The molecular weight excluding hydrogens is 270 g/mol. The zero-order chi connectivity index (χ0) is 10.7. The molecule has 0 saturated heterocycles. The fraction of sp³-hybridized carbons (Fsp3) is 0.500.